The van der Waals surface area contributed by atoms with E-state index in [1.54, 1.807) is 6.92 Å². The number of ketones is 1. The molecule has 0 spiro atoms. The second-order valence-electron chi connectivity index (χ2n) is 4.93. The molecule has 0 atom stereocenters. The first kappa shape index (κ1) is 12.6. The van der Waals surface area contributed by atoms with Crippen molar-refractivity contribution in [2.75, 3.05) is 0 Å². The lowest BCUT2D eigenvalue weighted by Crippen LogP contribution is -2.09. The van der Waals surface area contributed by atoms with Gasteiger partial charge in [0, 0.05) is 15.7 Å². The molecule has 19 heavy (non-hydrogen) atoms. The van der Waals surface area contributed by atoms with Crippen LogP contribution in [0.3, 0.4) is 0 Å². The fourth-order valence-corrected chi connectivity index (χ4v) is 3.04. The van der Waals surface area contributed by atoms with Crippen LogP contribution in [0.2, 0.25) is 0 Å². The summed E-state index contributed by atoms with van der Waals surface area (Å²) in [6, 6.07) is 5.83. The fourth-order valence-electron chi connectivity index (χ4n) is 2.68. The van der Waals surface area contributed by atoms with E-state index in [0.717, 1.165) is 28.6 Å². The van der Waals surface area contributed by atoms with Crippen molar-refractivity contribution in [1.29, 1.82) is 0 Å². The Bertz CT molecular complexity index is 646. The lowest BCUT2D eigenvalue weighted by molar-refractivity contribution is 0.101. The fraction of sp³-hybridized carbons (Fsp3) is 0.333. The maximum Gasteiger partial charge on any atom is 0.161 e. The molecule has 0 bridgehead atoms. The number of carbonyl (C=O) groups is 1. The number of carbonyl (C=O) groups excluding carboxylic acids is 1. The van der Waals surface area contributed by atoms with E-state index in [1.165, 1.54) is 24.2 Å². The molecule has 0 radical (unpaired) electrons. The summed E-state index contributed by atoms with van der Waals surface area (Å²) in [5, 5.41) is 0. The van der Waals surface area contributed by atoms with Crippen LogP contribution in [0, 0.1) is 0 Å². The first-order chi connectivity index (χ1) is 9.16. The van der Waals surface area contributed by atoms with E-state index in [2.05, 4.69) is 25.5 Å². The SMILES string of the molecule is CC(=O)c1cc(Br)ccc1-n1cnc2c1CCCC2. The summed E-state index contributed by atoms with van der Waals surface area (Å²) >= 11 is 3.43. The molecule has 0 saturated heterocycles. The van der Waals surface area contributed by atoms with Gasteiger partial charge >= 0.3 is 0 Å². The Morgan fingerprint density at radius 2 is 2.11 bits per heavy atom. The topological polar surface area (TPSA) is 34.9 Å². The van der Waals surface area contributed by atoms with Crippen molar-refractivity contribution in [3.8, 4) is 5.69 Å². The zero-order valence-corrected chi connectivity index (χ0v) is 12.4. The maximum absolute atomic E-state index is 11.8. The van der Waals surface area contributed by atoms with Crippen LogP contribution in [0.1, 0.15) is 41.5 Å². The third-order valence-corrected chi connectivity index (χ3v) is 4.12. The summed E-state index contributed by atoms with van der Waals surface area (Å²) in [5.74, 6) is 0.0783. The number of rotatable bonds is 2. The Balaban J connectivity index is 2.17. The van der Waals surface area contributed by atoms with Crippen molar-refractivity contribution in [2.45, 2.75) is 32.6 Å². The van der Waals surface area contributed by atoms with Gasteiger partial charge in [0.2, 0.25) is 0 Å². The highest BCUT2D eigenvalue weighted by atomic mass is 79.9. The molecule has 0 amide bonds. The Morgan fingerprint density at radius 3 is 2.89 bits per heavy atom. The minimum atomic E-state index is 0.0783. The summed E-state index contributed by atoms with van der Waals surface area (Å²) in [5.41, 5.74) is 4.12. The molecule has 1 aromatic heterocycles. The van der Waals surface area contributed by atoms with Gasteiger partial charge in [0.1, 0.15) is 0 Å². The van der Waals surface area contributed by atoms with Gasteiger partial charge in [0.05, 0.1) is 17.7 Å². The minimum absolute atomic E-state index is 0.0783. The molecule has 1 heterocycles. The highest BCUT2D eigenvalue weighted by molar-refractivity contribution is 9.10. The van der Waals surface area contributed by atoms with Crippen LogP contribution in [0.4, 0.5) is 0 Å². The van der Waals surface area contributed by atoms with Crippen molar-refractivity contribution < 1.29 is 4.79 Å². The van der Waals surface area contributed by atoms with E-state index in [0.29, 0.717) is 0 Å². The van der Waals surface area contributed by atoms with Gasteiger partial charge in [-0.1, -0.05) is 15.9 Å². The number of hydrogen-bond donors (Lipinski definition) is 0. The minimum Gasteiger partial charge on any atom is -0.302 e. The average Bonchev–Trinajstić information content (AvgIpc) is 2.82. The van der Waals surface area contributed by atoms with Gasteiger partial charge in [-0.05, 0) is 50.8 Å². The number of aromatic nitrogens is 2. The molecule has 0 unspecified atom stereocenters. The van der Waals surface area contributed by atoms with Gasteiger partial charge in [-0.15, -0.1) is 0 Å². The molecular formula is C15H15BrN2O. The van der Waals surface area contributed by atoms with Crippen LogP contribution in [0.25, 0.3) is 5.69 Å². The van der Waals surface area contributed by atoms with Crippen LogP contribution >= 0.6 is 15.9 Å². The van der Waals surface area contributed by atoms with E-state index < -0.39 is 0 Å². The number of aryl methyl sites for hydroxylation is 1. The largest absolute Gasteiger partial charge is 0.302 e. The molecule has 0 aliphatic heterocycles. The van der Waals surface area contributed by atoms with E-state index in [4.69, 9.17) is 0 Å². The molecule has 1 aliphatic carbocycles. The predicted molar refractivity (Wildman–Crippen MR) is 77.9 cm³/mol. The molecule has 3 rings (SSSR count). The normalized spacial score (nSPS) is 14.2. The van der Waals surface area contributed by atoms with Crippen LogP contribution < -0.4 is 0 Å². The molecule has 0 N–H and O–H groups in total. The molecule has 4 heteroatoms. The Kier molecular flexibility index (Phi) is 3.27. The van der Waals surface area contributed by atoms with Crippen LogP contribution in [0.15, 0.2) is 29.0 Å². The highest BCUT2D eigenvalue weighted by Gasteiger charge is 2.18. The Labute approximate surface area is 120 Å². The monoisotopic (exact) mass is 318 g/mol. The Morgan fingerprint density at radius 1 is 1.32 bits per heavy atom. The molecule has 0 fully saturated rings. The molecule has 1 aliphatic rings. The van der Waals surface area contributed by atoms with E-state index >= 15 is 0 Å². The number of fused-ring (bicyclic) bond motifs is 1. The van der Waals surface area contributed by atoms with Gasteiger partial charge in [0.25, 0.3) is 0 Å². The van der Waals surface area contributed by atoms with Gasteiger partial charge in [-0.25, -0.2) is 4.98 Å². The summed E-state index contributed by atoms with van der Waals surface area (Å²) in [6.45, 7) is 1.61. The van der Waals surface area contributed by atoms with E-state index in [-0.39, 0.29) is 5.78 Å². The lowest BCUT2D eigenvalue weighted by Gasteiger charge is -2.16. The van der Waals surface area contributed by atoms with Crippen molar-refractivity contribution in [2.24, 2.45) is 0 Å². The second-order valence-corrected chi connectivity index (χ2v) is 5.85. The summed E-state index contributed by atoms with van der Waals surface area (Å²) in [4.78, 5) is 16.3. The molecular weight excluding hydrogens is 304 g/mol. The average molecular weight is 319 g/mol. The number of Topliss-reactive ketones (excluding diaryl/α,β-unsaturated/α-hetero) is 1. The number of imidazole rings is 1. The summed E-state index contributed by atoms with van der Waals surface area (Å²) in [6.07, 6.45) is 6.36. The molecule has 0 saturated carbocycles. The number of nitrogens with zero attached hydrogens (tertiary/aromatic N) is 2. The standard InChI is InChI=1S/C15H15BrN2O/c1-10(19)12-8-11(16)6-7-14(12)18-9-17-13-4-2-3-5-15(13)18/h6-9H,2-5H2,1H3. The molecule has 1 aromatic carbocycles. The van der Waals surface area contributed by atoms with Crippen LogP contribution in [-0.2, 0) is 12.8 Å². The molecule has 98 valence electrons. The first-order valence-electron chi connectivity index (χ1n) is 6.53. The van der Waals surface area contributed by atoms with Crippen LogP contribution in [0.5, 0.6) is 0 Å². The van der Waals surface area contributed by atoms with Crippen molar-refractivity contribution in [3.63, 3.8) is 0 Å². The maximum atomic E-state index is 11.8. The van der Waals surface area contributed by atoms with Crippen molar-refractivity contribution >= 4 is 21.7 Å². The predicted octanol–water partition coefficient (Wildman–Crippen LogP) is 3.72. The second kappa shape index (κ2) is 4.93. The third kappa shape index (κ3) is 2.25. The quantitative estimate of drug-likeness (QED) is 0.791. The molecule has 2 aromatic rings. The smallest absolute Gasteiger partial charge is 0.161 e. The Hall–Kier alpha value is -1.42. The van der Waals surface area contributed by atoms with E-state index in [1.807, 2.05) is 24.5 Å². The summed E-state index contributed by atoms with van der Waals surface area (Å²) < 4.78 is 3.01. The van der Waals surface area contributed by atoms with Gasteiger partial charge in [0.15, 0.2) is 5.78 Å². The summed E-state index contributed by atoms with van der Waals surface area (Å²) in [7, 11) is 0. The number of halogens is 1. The van der Waals surface area contributed by atoms with Gasteiger partial charge < -0.3 is 4.57 Å². The number of hydrogen-bond acceptors (Lipinski definition) is 2. The van der Waals surface area contributed by atoms with Gasteiger partial charge in [-0.3, -0.25) is 4.79 Å². The zero-order chi connectivity index (χ0) is 13.4. The van der Waals surface area contributed by atoms with Gasteiger partial charge in [-0.2, -0.15) is 0 Å². The van der Waals surface area contributed by atoms with Crippen LogP contribution in [-0.4, -0.2) is 15.3 Å². The third-order valence-electron chi connectivity index (χ3n) is 3.63. The highest BCUT2D eigenvalue weighted by Crippen LogP contribution is 2.26. The lowest BCUT2D eigenvalue weighted by atomic mass is 10.0. The zero-order valence-electron chi connectivity index (χ0n) is 10.8. The van der Waals surface area contributed by atoms with E-state index in [9.17, 15) is 4.79 Å². The molecule has 3 nitrogen and oxygen atoms in total. The first-order valence-corrected chi connectivity index (χ1v) is 7.32. The number of benzene rings is 1. The van der Waals surface area contributed by atoms with Crippen molar-refractivity contribution in [1.82, 2.24) is 9.55 Å². The van der Waals surface area contributed by atoms with Crippen molar-refractivity contribution in [3.05, 3.63) is 46.0 Å².